The van der Waals surface area contributed by atoms with Gasteiger partial charge in [-0.1, -0.05) is 0 Å². The third-order valence-electron chi connectivity index (χ3n) is 2.48. The van der Waals surface area contributed by atoms with Crippen LogP contribution in [0.4, 0.5) is 5.00 Å². The Kier molecular flexibility index (Phi) is 4.46. The van der Waals surface area contributed by atoms with Crippen LogP contribution < -0.4 is 5.32 Å². The Hall–Kier alpha value is -1.79. The summed E-state index contributed by atoms with van der Waals surface area (Å²) in [5, 5.41) is 3.25. The predicted octanol–water partition coefficient (Wildman–Crippen LogP) is 3.73. The van der Waals surface area contributed by atoms with Crippen molar-refractivity contribution in [3.8, 4) is 0 Å². The first kappa shape index (κ1) is 14.6. The molecule has 2 heterocycles. The molecule has 0 aliphatic carbocycles. The van der Waals surface area contributed by atoms with Gasteiger partial charge in [-0.3, -0.25) is 4.79 Å². The number of furan rings is 1. The van der Waals surface area contributed by atoms with Crippen LogP contribution in [0.5, 0.6) is 0 Å². The minimum Gasteiger partial charge on any atom is -0.462 e. The van der Waals surface area contributed by atoms with Gasteiger partial charge in [-0.2, -0.15) is 0 Å². The number of anilines is 1. The second-order valence-corrected chi connectivity index (χ2v) is 5.30. The number of aryl methyl sites for hydroxylation is 1. The highest BCUT2D eigenvalue weighted by molar-refractivity contribution is 7.18. The molecule has 106 valence electrons. The molecular weight excluding hydrogens is 302 g/mol. The van der Waals surface area contributed by atoms with Crippen LogP contribution in [0.25, 0.3) is 0 Å². The van der Waals surface area contributed by atoms with Crippen molar-refractivity contribution in [2.45, 2.75) is 13.8 Å². The van der Waals surface area contributed by atoms with Crippen LogP contribution in [-0.2, 0) is 4.74 Å². The number of amides is 1. The van der Waals surface area contributed by atoms with Gasteiger partial charge in [-0.05, 0) is 43.1 Å². The van der Waals surface area contributed by atoms with Crippen LogP contribution in [-0.4, -0.2) is 18.5 Å². The van der Waals surface area contributed by atoms with E-state index in [2.05, 4.69) is 5.32 Å². The van der Waals surface area contributed by atoms with Gasteiger partial charge in [-0.15, -0.1) is 11.3 Å². The lowest BCUT2D eigenvalue weighted by atomic mass is 10.3. The van der Waals surface area contributed by atoms with Gasteiger partial charge in [0.1, 0.15) is 4.88 Å². The Morgan fingerprint density at radius 2 is 2.25 bits per heavy atom. The van der Waals surface area contributed by atoms with Crippen LogP contribution in [0.15, 0.2) is 22.8 Å². The zero-order chi connectivity index (χ0) is 14.7. The molecule has 5 nitrogen and oxygen atoms in total. The maximum atomic E-state index is 11.9. The first-order valence-electron chi connectivity index (χ1n) is 5.84. The number of carbonyl (C=O) groups excluding carboxylic acids is 2. The maximum Gasteiger partial charge on any atom is 0.348 e. The molecule has 20 heavy (non-hydrogen) atoms. The Labute approximate surface area is 124 Å². The minimum atomic E-state index is -0.392. The summed E-state index contributed by atoms with van der Waals surface area (Å²) in [7, 11) is 0. The van der Waals surface area contributed by atoms with Crippen molar-refractivity contribution in [2.75, 3.05) is 11.9 Å². The average Bonchev–Trinajstić information content (AvgIpc) is 2.96. The average molecular weight is 314 g/mol. The number of esters is 1. The van der Waals surface area contributed by atoms with Crippen LogP contribution in [0.1, 0.15) is 32.5 Å². The van der Waals surface area contributed by atoms with Crippen LogP contribution in [0, 0.1) is 6.92 Å². The fourth-order valence-corrected chi connectivity index (χ4v) is 2.74. The summed E-state index contributed by atoms with van der Waals surface area (Å²) in [6.45, 7) is 3.83. The molecule has 7 heteroatoms. The standard InChI is InChI=1S/C13H12ClNO4S/c1-3-18-13(17)10-7(2)6-9(20-10)15-12(16)8-4-5-19-11(8)14/h4-6H,3H2,1-2H3,(H,15,16). The summed E-state index contributed by atoms with van der Waals surface area (Å²) in [5.41, 5.74) is 0.998. The first-order chi connectivity index (χ1) is 9.52. The van der Waals surface area contributed by atoms with Crippen molar-refractivity contribution >= 4 is 39.8 Å². The Morgan fingerprint density at radius 1 is 1.50 bits per heavy atom. The van der Waals surface area contributed by atoms with Gasteiger partial charge in [0.2, 0.25) is 5.22 Å². The highest BCUT2D eigenvalue weighted by atomic mass is 35.5. The zero-order valence-electron chi connectivity index (χ0n) is 10.9. The Bertz CT molecular complexity index is 647. The predicted molar refractivity (Wildman–Crippen MR) is 76.7 cm³/mol. The van der Waals surface area contributed by atoms with Gasteiger partial charge in [-0.25, -0.2) is 4.79 Å². The van der Waals surface area contributed by atoms with Gasteiger partial charge >= 0.3 is 5.97 Å². The van der Waals surface area contributed by atoms with Crippen LogP contribution in [0.3, 0.4) is 0 Å². The highest BCUT2D eigenvalue weighted by Gasteiger charge is 2.18. The number of hydrogen-bond acceptors (Lipinski definition) is 5. The molecule has 0 atom stereocenters. The van der Waals surface area contributed by atoms with E-state index in [0.29, 0.717) is 16.5 Å². The van der Waals surface area contributed by atoms with Gasteiger partial charge in [0.25, 0.3) is 5.91 Å². The summed E-state index contributed by atoms with van der Waals surface area (Å²) in [6.07, 6.45) is 1.33. The molecule has 0 unspecified atom stereocenters. The molecule has 2 aromatic heterocycles. The molecule has 2 rings (SSSR count). The van der Waals surface area contributed by atoms with Crippen molar-refractivity contribution in [2.24, 2.45) is 0 Å². The largest absolute Gasteiger partial charge is 0.462 e. The van der Waals surface area contributed by atoms with Crippen molar-refractivity contribution in [1.29, 1.82) is 0 Å². The fraction of sp³-hybridized carbons (Fsp3) is 0.231. The molecule has 0 bridgehead atoms. The molecular formula is C13H12ClNO4S. The van der Waals surface area contributed by atoms with Gasteiger partial charge < -0.3 is 14.5 Å². The summed E-state index contributed by atoms with van der Waals surface area (Å²) in [4.78, 5) is 24.1. The second-order valence-electron chi connectivity index (χ2n) is 3.91. The van der Waals surface area contributed by atoms with Crippen molar-refractivity contribution in [3.63, 3.8) is 0 Å². The molecule has 2 aromatic rings. The normalized spacial score (nSPS) is 10.3. The summed E-state index contributed by atoms with van der Waals surface area (Å²) < 4.78 is 9.80. The summed E-state index contributed by atoms with van der Waals surface area (Å²) in [5.74, 6) is -0.780. The molecule has 0 aromatic carbocycles. The lowest BCUT2D eigenvalue weighted by Crippen LogP contribution is -2.10. The van der Waals surface area contributed by atoms with E-state index in [4.69, 9.17) is 20.8 Å². The second kappa shape index (κ2) is 6.11. The van der Waals surface area contributed by atoms with Gasteiger partial charge in [0.15, 0.2) is 0 Å². The molecule has 0 saturated carbocycles. The Balaban J connectivity index is 2.15. The molecule has 0 fully saturated rings. The number of halogens is 1. The van der Waals surface area contributed by atoms with Gasteiger partial charge in [0.05, 0.1) is 23.4 Å². The number of carbonyl (C=O) groups is 2. The number of rotatable bonds is 4. The number of thiophene rings is 1. The third-order valence-corrected chi connectivity index (χ3v) is 3.90. The molecule has 0 spiro atoms. The molecule has 0 saturated heterocycles. The number of nitrogens with one attached hydrogen (secondary N) is 1. The lowest BCUT2D eigenvalue weighted by molar-refractivity contribution is 0.0531. The van der Waals surface area contributed by atoms with Crippen LogP contribution >= 0.6 is 22.9 Å². The van der Waals surface area contributed by atoms with Crippen LogP contribution in [0.2, 0.25) is 5.22 Å². The van der Waals surface area contributed by atoms with E-state index in [1.807, 2.05) is 0 Å². The quantitative estimate of drug-likeness (QED) is 0.873. The smallest absolute Gasteiger partial charge is 0.348 e. The zero-order valence-corrected chi connectivity index (χ0v) is 12.4. The van der Waals surface area contributed by atoms with E-state index in [1.165, 1.54) is 12.3 Å². The molecule has 0 aliphatic heterocycles. The maximum absolute atomic E-state index is 11.9. The molecule has 0 radical (unpaired) electrons. The minimum absolute atomic E-state index is 0.0291. The highest BCUT2D eigenvalue weighted by Crippen LogP contribution is 2.28. The third kappa shape index (κ3) is 3.02. The monoisotopic (exact) mass is 313 g/mol. The van der Waals surface area contributed by atoms with Crippen molar-refractivity contribution < 1.29 is 18.7 Å². The van der Waals surface area contributed by atoms with E-state index in [9.17, 15) is 9.59 Å². The lowest BCUT2D eigenvalue weighted by Gasteiger charge is -2.00. The van der Waals surface area contributed by atoms with E-state index in [1.54, 1.807) is 19.9 Å². The molecule has 1 amide bonds. The van der Waals surface area contributed by atoms with E-state index >= 15 is 0 Å². The SMILES string of the molecule is CCOC(=O)c1sc(NC(=O)c2ccoc2Cl)cc1C. The van der Waals surface area contributed by atoms with E-state index < -0.39 is 5.97 Å². The van der Waals surface area contributed by atoms with Crippen molar-refractivity contribution in [3.05, 3.63) is 39.6 Å². The molecule has 0 aliphatic rings. The molecule has 1 N–H and O–H groups in total. The van der Waals surface area contributed by atoms with E-state index in [0.717, 1.165) is 16.9 Å². The Morgan fingerprint density at radius 3 is 2.85 bits per heavy atom. The van der Waals surface area contributed by atoms with Crippen molar-refractivity contribution in [1.82, 2.24) is 0 Å². The van der Waals surface area contributed by atoms with E-state index in [-0.39, 0.29) is 16.7 Å². The summed E-state index contributed by atoms with van der Waals surface area (Å²) in [6, 6.07) is 3.19. The first-order valence-corrected chi connectivity index (χ1v) is 7.04. The number of ether oxygens (including phenoxy) is 1. The van der Waals surface area contributed by atoms with Gasteiger partial charge in [0, 0.05) is 0 Å². The topological polar surface area (TPSA) is 68.5 Å². The fourth-order valence-electron chi connectivity index (χ4n) is 1.58. The summed E-state index contributed by atoms with van der Waals surface area (Å²) >= 11 is 6.89. The number of hydrogen-bond donors (Lipinski definition) is 1.